The average molecular weight is 211 g/mol. The zero-order valence-electron chi connectivity index (χ0n) is 10.2. The second-order valence-corrected chi connectivity index (χ2v) is 5.35. The summed E-state index contributed by atoms with van der Waals surface area (Å²) < 4.78 is 0. The Morgan fingerprint density at radius 2 is 2.13 bits per heavy atom. The first-order chi connectivity index (χ1) is 7.25. The van der Waals surface area contributed by atoms with E-state index < -0.39 is 0 Å². The van der Waals surface area contributed by atoms with Crippen LogP contribution in [0.4, 0.5) is 0 Å². The van der Waals surface area contributed by atoms with Crippen LogP contribution in [-0.4, -0.2) is 62.2 Å². The van der Waals surface area contributed by atoms with Crippen molar-refractivity contribution >= 4 is 0 Å². The fourth-order valence-electron chi connectivity index (χ4n) is 2.96. The Labute approximate surface area is 93.8 Å². The minimum Gasteiger partial charge on any atom is -0.313 e. The lowest BCUT2D eigenvalue weighted by molar-refractivity contribution is 0.193. The van der Waals surface area contributed by atoms with Crippen molar-refractivity contribution < 1.29 is 0 Å². The number of nitrogens with one attached hydrogen (secondary N) is 1. The largest absolute Gasteiger partial charge is 0.313 e. The van der Waals surface area contributed by atoms with Crippen molar-refractivity contribution in [3.8, 4) is 0 Å². The first-order valence-electron chi connectivity index (χ1n) is 6.38. The van der Waals surface area contributed by atoms with Gasteiger partial charge in [0.25, 0.3) is 0 Å². The summed E-state index contributed by atoms with van der Waals surface area (Å²) in [5.74, 6) is 0. The highest BCUT2D eigenvalue weighted by Gasteiger charge is 2.27. The van der Waals surface area contributed by atoms with Gasteiger partial charge in [-0.2, -0.15) is 0 Å². The van der Waals surface area contributed by atoms with Crippen molar-refractivity contribution in [1.82, 2.24) is 15.1 Å². The summed E-state index contributed by atoms with van der Waals surface area (Å²) >= 11 is 0. The number of rotatable bonds is 4. The molecule has 2 aliphatic heterocycles. The number of likely N-dealkylation sites (N-methyl/N-ethyl adjacent to an activating group) is 1. The topological polar surface area (TPSA) is 18.5 Å². The van der Waals surface area contributed by atoms with Crippen molar-refractivity contribution in [2.45, 2.75) is 37.8 Å². The molecule has 0 radical (unpaired) electrons. The van der Waals surface area contributed by atoms with Crippen LogP contribution in [0.1, 0.15) is 25.7 Å². The van der Waals surface area contributed by atoms with E-state index in [1.807, 2.05) is 0 Å². The highest BCUT2D eigenvalue weighted by Crippen LogP contribution is 2.19. The van der Waals surface area contributed by atoms with Crippen LogP contribution in [0.15, 0.2) is 0 Å². The molecular weight excluding hydrogens is 186 g/mol. The predicted octanol–water partition coefficient (Wildman–Crippen LogP) is 0.764. The van der Waals surface area contributed by atoms with Gasteiger partial charge < -0.3 is 10.2 Å². The summed E-state index contributed by atoms with van der Waals surface area (Å²) in [5, 5.41) is 3.60. The molecule has 2 heterocycles. The molecule has 3 heteroatoms. The lowest BCUT2D eigenvalue weighted by Crippen LogP contribution is -2.43. The van der Waals surface area contributed by atoms with Crippen LogP contribution in [-0.2, 0) is 0 Å². The van der Waals surface area contributed by atoms with Crippen molar-refractivity contribution in [3.63, 3.8) is 0 Å². The summed E-state index contributed by atoms with van der Waals surface area (Å²) in [5.41, 5.74) is 0. The summed E-state index contributed by atoms with van der Waals surface area (Å²) in [6.45, 7) is 5.05. The molecule has 0 aromatic rings. The van der Waals surface area contributed by atoms with E-state index in [4.69, 9.17) is 0 Å². The van der Waals surface area contributed by atoms with Crippen LogP contribution < -0.4 is 5.32 Å². The van der Waals surface area contributed by atoms with Gasteiger partial charge in [0.2, 0.25) is 0 Å². The van der Waals surface area contributed by atoms with Crippen molar-refractivity contribution in [2.24, 2.45) is 0 Å². The van der Waals surface area contributed by atoms with Crippen LogP contribution in [0, 0.1) is 0 Å². The molecule has 0 spiro atoms. The number of nitrogens with zero attached hydrogens (tertiary/aromatic N) is 2. The molecule has 88 valence electrons. The minimum absolute atomic E-state index is 0.771. The van der Waals surface area contributed by atoms with E-state index in [1.165, 1.54) is 51.9 Å². The molecule has 0 aromatic heterocycles. The number of hydrogen-bond acceptors (Lipinski definition) is 3. The van der Waals surface area contributed by atoms with Crippen LogP contribution in [0.25, 0.3) is 0 Å². The molecule has 2 rings (SSSR count). The first kappa shape index (κ1) is 11.4. The standard InChI is InChI=1S/C12H25N3/c1-14(2)10-12-6-4-8-15(12)9-11-5-3-7-13-11/h11-13H,3-10H2,1-2H3/t11-,12?/m0/s1. The molecule has 0 aliphatic carbocycles. The van der Waals surface area contributed by atoms with Gasteiger partial charge >= 0.3 is 0 Å². The molecule has 2 aliphatic rings. The molecule has 0 bridgehead atoms. The van der Waals surface area contributed by atoms with Gasteiger partial charge in [-0.1, -0.05) is 0 Å². The van der Waals surface area contributed by atoms with Gasteiger partial charge in [0, 0.05) is 25.2 Å². The summed E-state index contributed by atoms with van der Waals surface area (Å²) in [6.07, 6.45) is 5.54. The molecule has 2 saturated heterocycles. The van der Waals surface area contributed by atoms with E-state index in [9.17, 15) is 0 Å². The van der Waals surface area contributed by atoms with E-state index in [0.717, 1.165) is 12.1 Å². The Balaban J connectivity index is 1.79. The van der Waals surface area contributed by atoms with Crippen molar-refractivity contribution in [3.05, 3.63) is 0 Å². The number of likely N-dealkylation sites (tertiary alicyclic amines) is 1. The van der Waals surface area contributed by atoms with Gasteiger partial charge in [-0.3, -0.25) is 4.90 Å². The highest BCUT2D eigenvalue weighted by molar-refractivity contribution is 4.86. The molecule has 0 amide bonds. The Morgan fingerprint density at radius 1 is 1.27 bits per heavy atom. The lowest BCUT2D eigenvalue weighted by Gasteiger charge is -2.29. The maximum absolute atomic E-state index is 3.60. The zero-order chi connectivity index (χ0) is 10.7. The van der Waals surface area contributed by atoms with Gasteiger partial charge in [0.05, 0.1) is 0 Å². The maximum Gasteiger partial charge on any atom is 0.0224 e. The molecule has 0 saturated carbocycles. The second kappa shape index (κ2) is 5.28. The zero-order valence-corrected chi connectivity index (χ0v) is 10.2. The predicted molar refractivity (Wildman–Crippen MR) is 64.2 cm³/mol. The Kier molecular flexibility index (Phi) is 4.00. The quantitative estimate of drug-likeness (QED) is 0.741. The van der Waals surface area contributed by atoms with Crippen molar-refractivity contribution in [1.29, 1.82) is 0 Å². The Bertz CT molecular complexity index is 187. The van der Waals surface area contributed by atoms with Gasteiger partial charge in [0.1, 0.15) is 0 Å². The van der Waals surface area contributed by atoms with E-state index in [0.29, 0.717) is 0 Å². The second-order valence-electron chi connectivity index (χ2n) is 5.35. The van der Waals surface area contributed by atoms with E-state index in [2.05, 4.69) is 29.2 Å². The van der Waals surface area contributed by atoms with Crippen LogP contribution in [0.5, 0.6) is 0 Å². The molecule has 15 heavy (non-hydrogen) atoms. The normalized spacial score (nSPS) is 33.0. The Hall–Kier alpha value is -0.120. The molecule has 0 aromatic carbocycles. The SMILES string of the molecule is CN(C)CC1CCCN1C[C@@H]1CCCN1. The third-order valence-corrected chi connectivity index (χ3v) is 3.69. The summed E-state index contributed by atoms with van der Waals surface area (Å²) in [6, 6.07) is 1.58. The monoisotopic (exact) mass is 211 g/mol. The van der Waals surface area contributed by atoms with E-state index in [-0.39, 0.29) is 0 Å². The molecule has 2 atom stereocenters. The smallest absolute Gasteiger partial charge is 0.0224 e. The molecule has 2 fully saturated rings. The average Bonchev–Trinajstić information content (AvgIpc) is 2.78. The third kappa shape index (κ3) is 3.16. The van der Waals surface area contributed by atoms with Crippen LogP contribution in [0.2, 0.25) is 0 Å². The molecule has 1 unspecified atom stereocenters. The van der Waals surface area contributed by atoms with Gasteiger partial charge in [-0.15, -0.1) is 0 Å². The van der Waals surface area contributed by atoms with E-state index in [1.54, 1.807) is 0 Å². The van der Waals surface area contributed by atoms with Crippen LogP contribution in [0.3, 0.4) is 0 Å². The van der Waals surface area contributed by atoms with Gasteiger partial charge in [-0.25, -0.2) is 0 Å². The van der Waals surface area contributed by atoms with E-state index >= 15 is 0 Å². The molecule has 3 nitrogen and oxygen atoms in total. The summed E-state index contributed by atoms with van der Waals surface area (Å²) in [7, 11) is 4.37. The molecular formula is C12H25N3. The van der Waals surface area contributed by atoms with Gasteiger partial charge in [0.15, 0.2) is 0 Å². The number of hydrogen-bond donors (Lipinski definition) is 1. The highest BCUT2D eigenvalue weighted by atomic mass is 15.2. The first-order valence-corrected chi connectivity index (χ1v) is 6.38. The lowest BCUT2D eigenvalue weighted by atomic mass is 10.2. The van der Waals surface area contributed by atoms with Crippen molar-refractivity contribution in [2.75, 3.05) is 40.3 Å². The fraction of sp³-hybridized carbons (Fsp3) is 1.00. The summed E-state index contributed by atoms with van der Waals surface area (Å²) in [4.78, 5) is 5.02. The van der Waals surface area contributed by atoms with Crippen LogP contribution >= 0.6 is 0 Å². The minimum atomic E-state index is 0.771. The fourth-order valence-corrected chi connectivity index (χ4v) is 2.96. The third-order valence-electron chi connectivity index (χ3n) is 3.69. The van der Waals surface area contributed by atoms with Gasteiger partial charge in [-0.05, 0) is 52.9 Å². The maximum atomic E-state index is 3.60. The Morgan fingerprint density at radius 3 is 2.80 bits per heavy atom. The molecule has 1 N–H and O–H groups in total.